The summed E-state index contributed by atoms with van der Waals surface area (Å²) in [6, 6.07) is 17.0. The van der Waals surface area contributed by atoms with E-state index in [9.17, 15) is 9.90 Å². The van der Waals surface area contributed by atoms with E-state index >= 15 is 0 Å². The number of pyridine rings is 1. The Hall–Kier alpha value is -3.19. The number of nitrogens with zero attached hydrogens (tertiary/aromatic N) is 2. The molecule has 0 aliphatic carbocycles. The van der Waals surface area contributed by atoms with Crippen LogP contribution in [-0.2, 0) is 16.8 Å². The van der Waals surface area contributed by atoms with Crippen molar-refractivity contribution in [1.29, 1.82) is 0 Å². The van der Waals surface area contributed by atoms with Gasteiger partial charge >= 0.3 is 5.97 Å². The number of piperidine rings is 1. The van der Waals surface area contributed by atoms with E-state index in [-0.39, 0.29) is 5.97 Å². The van der Waals surface area contributed by atoms with Crippen molar-refractivity contribution in [2.45, 2.75) is 51.0 Å². The largest absolute Gasteiger partial charge is 0.462 e. The molecule has 3 aromatic rings. The molecule has 6 nitrogen and oxygen atoms in total. The van der Waals surface area contributed by atoms with Crippen molar-refractivity contribution >= 4 is 23.1 Å². The van der Waals surface area contributed by atoms with E-state index in [0.29, 0.717) is 48.1 Å². The number of aliphatic hydroxyl groups is 1. The summed E-state index contributed by atoms with van der Waals surface area (Å²) >= 11 is 6.03. The van der Waals surface area contributed by atoms with Crippen molar-refractivity contribution in [2.24, 2.45) is 0 Å². The van der Waals surface area contributed by atoms with Crippen molar-refractivity contribution in [1.82, 2.24) is 9.88 Å². The molecule has 1 saturated heterocycles. The molecule has 0 saturated carbocycles. The van der Waals surface area contributed by atoms with E-state index in [1.54, 1.807) is 6.20 Å². The van der Waals surface area contributed by atoms with E-state index in [4.69, 9.17) is 21.1 Å². The standard InChI is InChI=1S/C32H35ClN2O4/c1-2-3-21-38-31(36)27-8-4-10-29-28(27)22-23(26-9-5-17-34-30(26)39-29)7-6-18-35-19-15-32(37,16-20-35)24-11-13-25(33)14-12-24/h4-5,7-14,17,37H,2-3,6,15-16,18-22H2,1H3. The summed E-state index contributed by atoms with van der Waals surface area (Å²) in [6.07, 6.45) is 8.52. The summed E-state index contributed by atoms with van der Waals surface area (Å²) in [5.74, 6) is 0.870. The first-order chi connectivity index (χ1) is 19.0. The Balaban J connectivity index is 1.29. The van der Waals surface area contributed by atoms with E-state index in [2.05, 4.69) is 22.9 Å². The number of unbranched alkanes of at least 4 members (excludes halogenated alkanes) is 1. The molecule has 5 rings (SSSR count). The molecule has 1 fully saturated rings. The third-order valence-electron chi connectivity index (χ3n) is 7.68. The number of hydrogen-bond acceptors (Lipinski definition) is 6. The minimum absolute atomic E-state index is 0.316. The number of benzene rings is 2. The third-order valence-corrected chi connectivity index (χ3v) is 7.93. The molecule has 0 radical (unpaired) electrons. The molecule has 0 unspecified atom stereocenters. The number of hydrogen-bond donors (Lipinski definition) is 1. The molecule has 0 atom stereocenters. The van der Waals surface area contributed by atoms with Gasteiger partial charge < -0.3 is 19.5 Å². The van der Waals surface area contributed by atoms with Crippen LogP contribution in [-0.4, -0.2) is 47.2 Å². The first-order valence-electron chi connectivity index (χ1n) is 13.8. The Morgan fingerprint density at radius 3 is 2.72 bits per heavy atom. The summed E-state index contributed by atoms with van der Waals surface area (Å²) in [4.78, 5) is 19.8. The maximum Gasteiger partial charge on any atom is 0.338 e. The van der Waals surface area contributed by atoms with E-state index in [1.807, 2.05) is 54.6 Å². The lowest BCUT2D eigenvalue weighted by atomic mass is 9.84. The molecule has 0 amide bonds. The molecule has 0 spiro atoms. The fraction of sp³-hybridized carbons (Fsp3) is 0.375. The highest BCUT2D eigenvalue weighted by Gasteiger charge is 2.33. The number of fused-ring (bicyclic) bond motifs is 2. The molecule has 3 heterocycles. The van der Waals surface area contributed by atoms with Crippen molar-refractivity contribution < 1.29 is 19.4 Å². The number of carbonyl (C=O) groups excluding carboxylic acids is 1. The van der Waals surface area contributed by atoms with Gasteiger partial charge in [-0.1, -0.05) is 49.2 Å². The van der Waals surface area contributed by atoms with Crippen LogP contribution in [0.1, 0.15) is 66.1 Å². The third kappa shape index (κ3) is 6.35. The van der Waals surface area contributed by atoms with Gasteiger partial charge in [0, 0.05) is 48.4 Å². The summed E-state index contributed by atoms with van der Waals surface area (Å²) in [5, 5.41) is 11.9. The van der Waals surface area contributed by atoms with Gasteiger partial charge in [0.15, 0.2) is 0 Å². The molecule has 0 bridgehead atoms. The number of rotatable bonds is 8. The topological polar surface area (TPSA) is 71.9 Å². The van der Waals surface area contributed by atoms with Gasteiger partial charge in [0.05, 0.1) is 17.8 Å². The number of allylic oxidation sites excluding steroid dienone is 1. The second kappa shape index (κ2) is 12.3. The zero-order valence-corrected chi connectivity index (χ0v) is 23.1. The molecular formula is C32H35ClN2O4. The van der Waals surface area contributed by atoms with Crippen LogP contribution in [0.25, 0.3) is 5.57 Å². The molecule has 204 valence electrons. The smallest absolute Gasteiger partial charge is 0.338 e. The molecule has 2 aliphatic rings. The molecule has 7 heteroatoms. The van der Waals surface area contributed by atoms with Crippen molar-refractivity contribution in [3.63, 3.8) is 0 Å². The molecule has 39 heavy (non-hydrogen) atoms. The number of carbonyl (C=O) groups is 1. The highest BCUT2D eigenvalue weighted by atomic mass is 35.5. The number of halogens is 1. The Labute approximate surface area is 235 Å². The fourth-order valence-electron chi connectivity index (χ4n) is 5.33. The quantitative estimate of drug-likeness (QED) is 0.247. The fourth-order valence-corrected chi connectivity index (χ4v) is 5.45. The lowest BCUT2D eigenvalue weighted by Crippen LogP contribution is -2.42. The lowest BCUT2D eigenvalue weighted by molar-refractivity contribution is -0.0254. The maximum atomic E-state index is 12.9. The zero-order valence-electron chi connectivity index (χ0n) is 22.4. The second-order valence-corrected chi connectivity index (χ2v) is 10.7. The average molecular weight is 547 g/mol. The minimum Gasteiger partial charge on any atom is -0.462 e. The van der Waals surface area contributed by atoms with Crippen LogP contribution < -0.4 is 4.74 Å². The molecule has 1 N–H and O–H groups in total. The predicted molar refractivity (Wildman–Crippen MR) is 153 cm³/mol. The van der Waals surface area contributed by atoms with Gasteiger partial charge in [-0.25, -0.2) is 9.78 Å². The van der Waals surface area contributed by atoms with Gasteiger partial charge in [-0.15, -0.1) is 0 Å². The Morgan fingerprint density at radius 1 is 1.15 bits per heavy atom. The predicted octanol–water partition coefficient (Wildman–Crippen LogP) is 6.80. The number of esters is 1. The van der Waals surface area contributed by atoms with Gasteiger partial charge in [-0.2, -0.15) is 0 Å². The van der Waals surface area contributed by atoms with E-state index in [0.717, 1.165) is 61.2 Å². The van der Waals surface area contributed by atoms with Crippen LogP contribution in [0.3, 0.4) is 0 Å². The number of ether oxygens (including phenoxy) is 2. The highest BCUT2D eigenvalue weighted by Crippen LogP contribution is 2.39. The van der Waals surface area contributed by atoms with Crippen LogP contribution in [0, 0.1) is 0 Å². The summed E-state index contributed by atoms with van der Waals surface area (Å²) in [6.45, 7) is 5.00. The summed E-state index contributed by atoms with van der Waals surface area (Å²) < 4.78 is 11.8. The summed E-state index contributed by atoms with van der Waals surface area (Å²) in [7, 11) is 0. The van der Waals surface area contributed by atoms with Gasteiger partial charge in [0.25, 0.3) is 0 Å². The molecule has 2 aliphatic heterocycles. The first kappa shape index (κ1) is 27.4. The molecular weight excluding hydrogens is 512 g/mol. The Morgan fingerprint density at radius 2 is 1.95 bits per heavy atom. The highest BCUT2D eigenvalue weighted by molar-refractivity contribution is 6.30. The molecule has 1 aromatic heterocycles. The maximum absolute atomic E-state index is 12.9. The van der Waals surface area contributed by atoms with Crippen LogP contribution in [0.5, 0.6) is 11.6 Å². The van der Waals surface area contributed by atoms with Gasteiger partial charge in [-0.05, 0) is 73.2 Å². The van der Waals surface area contributed by atoms with Crippen molar-refractivity contribution in [3.8, 4) is 11.6 Å². The minimum atomic E-state index is -0.811. The molecule has 2 aromatic carbocycles. The van der Waals surface area contributed by atoms with Crippen molar-refractivity contribution in [2.75, 3.05) is 26.2 Å². The summed E-state index contributed by atoms with van der Waals surface area (Å²) in [5.41, 5.74) is 3.51. The Kier molecular flexibility index (Phi) is 8.66. The van der Waals surface area contributed by atoms with Crippen LogP contribution in [0.4, 0.5) is 0 Å². The van der Waals surface area contributed by atoms with E-state index in [1.165, 1.54) is 0 Å². The normalized spacial score (nSPS) is 17.6. The van der Waals surface area contributed by atoms with Crippen LogP contribution >= 0.6 is 11.6 Å². The van der Waals surface area contributed by atoms with Crippen LogP contribution in [0.15, 0.2) is 66.9 Å². The first-order valence-corrected chi connectivity index (χ1v) is 14.2. The second-order valence-electron chi connectivity index (χ2n) is 10.3. The van der Waals surface area contributed by atoms with E-state index < -0.39 is 5.60 Å². The average Bonchev–Trinajstić information content (AvgIpc) is 3.11. The number of likely N-dealkylation sites (tertiary alicyclic amines) is 1. The zero-order chi connectivity index (χ0) is 27.2. The monoisotopic (exact) mass is 546 g/mol. The number of aromatic nitrogens is 1. The Bertz CT molecular complexity index is 1330. The van der Waals surface area contributed by atoms with Gasteiger partial charge in [-0.3, -0.25) is 0 Å². The van der Waals surface area contributed by atoms with Gasteiger partial charge in [0.2, 0.25) is 5.88 Å². The van der Waals surface area contributed by atoms with Gasteiger partial charge in [0.1, 0.15) is 5.75 Å². The van der Waals surface area contributed by atoms with Crippen molar-refractivity contribution in [3.05, 3.63) is 94.1 Å². The SMILES string of the molecule is CCCCOC(=O)c1cccc2c1CC(=CCCN1CCC(O)(c3ccc(Cl)cc3)CC1)c1cccnc1O2. The lowest BCUT2D eigenvalue weighted by Gasteiger charge is -2.38. The van der Waals surface area contributed by atoms with Crippen LogP contribution in [0.2, 0.25) is 5.02 Å².